The summed E-state index contributed by atoms with van der Waals surface area (Å²) in [5.41, 5.74) is 1.82. The van der Waals surface area contributed by atoms with Crippen molar-refractivity contribution >= 4 is 5.91 Å². The molecule has 0 fully saturated rings. The lowest BCUT2D eigenvalue weighted by molar-refractivity contribution is 0.0950. The maximum atomic E-state index is 13.3. The Morgan fingerprint density at radius 3 is 2.89 bits per heavy atom. The van der Waals surface area contributed by atoms with E-state index < -0.39 is 0 Å². The molecule has 18 heavy (non-hydrogen) atoms. The van der Waals surface area contributed by atoms with Gasteiger partial charge in [-0.15, -0.1) is 0 Å². The van der Waals surface area contributed by atoms with Gasteiger partial charge in [-0.3, -0.25) is 9.78 Å². The molecule has 1 amide bonds. The van der Waals surface area contributed by atoms with Crippen LogP contribution in [0.3, 0.4) is 0 Å². The molecule has 2 aromatic rings. The normalized spacial score (nSPS) is 10.1. The molecule has 0 atom stereocenters. The van der Waals surface area contributed by atoms with Gasteiger partial charge in [0.2, 0.25) is 0 Å². The van der Waals surface area contributed by atoms with E-state index in [9.17, 15) is 9.18 Å². The van der Waals surface area contributed by atoms with Crippen LogP contribution in [0.1, 0.15) is 21.5 Å². The second-order valence-electron chi connectivity index (χ2n) is 4.01. The highest BCUT2D eigenvalue weighted by Crippen LogP contribution is 2.09. The molecule has 0 radical (unpaired) electrons. The first-order chi connectivity index (χ1) is 8.66. The van der Waals surface area contributed by atoms with E-state index in [1.165, 1.54) is 12.3 Å². The third-order valence-electron chi connectivity index (χ3n) is 2.61. The lowest BCUT2D eigenvalue weighted by Gasteiger charge is -2.06. The Kier molecular flexibility index (Phi) is 3.67. The minimum atomic E-state index is -0.261. The summed E-state index contributed by atoms with van der Waals surface area (Å²) in [4.78, 5) is 15.6. The number of carbonyl (C=O) groups is 1. The summed E-state index contributed by atoms with van der Waals surface area (Å²) in [6.45, 7) is 2.00. The molecule has 0 aliphatic carbocycles. The Labute approximate surface area is 105 Å². The first kappa shape index (κ1) is 12.2. The van der Waals surface area contributed by atoms with Gasteiger partial charge in [0.15, 0.2) is 0 Å². The number of hydrogen-bond acceptors (Lipinski definition) is 2. The van der Waals surface area contributed by atoms with Crippen LogP contribution in [0.15, 0.2) is 42.7 Å². The number of aryl methyl sites for hydroxylation is 1. The van der Waals surface area contributed by atoms with Crippen molar-refractivity contribution in [3.05, 3.63) is 65.2 Å². The van der Waals surface area contributed by atoms with Gasteiger partial charge in [-0.1, -0.05) is 12.1 Å². The van der Waals surface area contributed by atoms with Crippen LogP contribution in [-0.4, -0.2) is 10.9 Å². The van der Waals surface area contributed by atoms with Gasteiger partial charge in [0.05, 0.1) is 5.56 Å². The van der Waals surface area contributed by atoms with Gasteiger partial charge in [0.25, 0.3) is 5.91 Å². The summed E-state index contributed by atoms with van der Waals surface area (Å²) in [7, 11) is 0. The Morgan fingerprint density at radius 1 is 1.39 bits per heavy atom. The molecule has 0 unspecified atom stereocenters. The smallest absolute Gasteiger partial charge is 0.253 e. The minimum Gasteiger partial charge on any atom is -0.348 e. The summed E-state index contributed by atoms with van der Waals surface area (Å²) in [5, 5.41) is 2.72. The molecule has 1 N–H and O–H groups in total. The van der Waals surface area contributed by atoms with E-state index in [-0.39, 0.29) is 11.7 Å². The van der Waals surface area contributed by atoms with E-state index in [2.05, 4.69) is 10.3 Å². The third kappa shape index (κ3) is 2.91. The average molecular weight is 244 g/mol. The highest BCUT2D eigenvalue weighted by Gasteiger charge is 2.05. The molecule has 2 rings (SSSR count). The number of hydrogen-bond donors (Lipinski definition) is 1. The van der Waals surface area contributed by atoms with Crippen molar-refractivity contribution in [3.63, 3.8) is 0 Å². The molecule has 0 bridgehead atoms. The van der Waals surface area contributed by atoms with Crippen molar-refractivity contribution in [3.8, 4) is 0 Å². The first-order valence-corrected chi connectivity index (χ1v) is 5.60. The topological polar surface area (TPSA) is 42.0 Å². The highest BCUT2D eigenvalue weighted by molar-refractivity contribution is 5.93. The number of pyridine rings is 1. The van der Waals surface area contributed by atoms with E-state index in [0.717, 1.165) is 5.56 Å². The number of carbonyl (C=O) groups excluding carboxylic acids is 1. The zero-order valence-electron chi connectivity index (χ0n) is 9.98. The number of nitrogens with one attached hydrogen (secondary N) is 1. The van der Waals surface area contributed by atoms with E-state index >= 15 is 0 Å². The molecule has 0 aliphatic rings. The van der Waals surface area contributed by atoms with Crippen molar-refractivity contribution in [1.29, 1.82) is 0 Å². The van der Waals surface area contributed by atoms with Crippen LogP contribution in [0.5, 0.6) is 0 Å². The SMILES string of the molecule is Cc1ccc(CNC(=O)c2cccnc2)cc1F. The number of amides is 1. The number of halogens is 1. The van der Waals surface area contributed by atoms with Gasteiger partial charge in [0, 0.05) is 18.9 Å². The van der Waals surface area contributed by atoms with Crippen LogP contribution in [0.2, 0.25) is 0 Å². The van der Waals surface area contributed by atoms with Gasteiger partial charge in [-0.05, 0) is 36.2 Å². The summed E-state index contributed by atoms with van der Waals surface area (Å²) in [6.07, 6.45) is 3.09. The third-order valence-corrected chi connectivity index (χ3v) is 2.61. The van der Waals surface area contributed by atoms with E-state index in [0.29, 0.717) is 17.7 Å². The zero-order valence-corrected chi connectivity index (χ0v) is 9.98. The second kappa shape index (κ2) is 5.40. The highest BCUT2D eigenvalue weighted by atomic mass is 19.1. The van der Waals surface area contributed by atoms with Crippen molar-refractivity contribution in [2.24, 2.45) is 0 Å². The maximum Gasteiger partial charge on any atom is 0.253 e. The van der Waals surface area contributed by atoms with E-state index in [1.54, 1.807) is 37.4 Å². The van der Waals surface area contributed by atoms with E-state index in [4.69, 9.17) is 0 Å². The largest absolute Gasteiger partial charge is 0.348 e. The van der Waals surface area contributed by atoms with E-state index in [1.807, 2.05) is 0 Å². The summed E-state index contributed by atoms with van der Waals surface area (Å²) in [6, 6.07) is 8.29. The minimum absolute atomic E-state index is 0.218. The fourth-order valence-corrected chi connectivity index (χ4v) is 1.53. The van der Waals surface area contributed by atoms with Crippen LogP contribution < -0.4 is 5.32 Å². The quantitative estimate of drug-likeness (QED) is 0.901. The van der Waals surface area contributed by atoms with Crippen molar-refractivity contribution < 1.29 is 9.18 Å². The van der Waals surface area contributed by atoms with Crippen molar-refractivity contribution in [2.75, 3.05) is 0 Å². The lowest BCUT2D eigenvalue weighted by atomic mass is 10.1. The van der Waals surface area contributed by atoms with Crippen molar-refractivity contribution in [1.82, 2.24) is 10.3 Å². The van der Waals surface area contributed by atoms with Crippen LogP contribution in [-0.2, 0) is 6.54 Å². The number of benzene rings is 1. The van der Waals surface area contributed by atoms with Crippen LogP contribution in [0.25, 0.3) is 0 Å². The Morgan fingerprint density at radius 2 is 2.22 bits per heavy atom. The Bertz CT molecular complexity index is 555. The molecule has 3 nitrogen and oxygen atoms in total. The molecule has 1 aromatic heterocycles. The molecule has 0 spiro atoms. The summed E-state index contributed by atoms with van der Waals surface area (Å²) in [5.74, 6) is -0.479. The summed E-state index contributed by atoms with van der Waals surface area (Å²) < 4.78 is 13.3. The first-order valence-electron chi connectivity index (χ1n) is 5.60. The fourth-order valence-electron chi connectivity index (χ4n) is 1.53. The summed E-state index contributed by atoms with van der Waals surface area (Å²) >= 11 is 0. The van der Waals surface area contributed by atoms with Crippen LogP contribution in [0, 0.1) is 12.7 Å². The number of rotatable bonds is 3. The molecule has 4 heteroatoms. The standard InChI is InChI=1S/C14H13FN2O/c1-10-4-5-11(7-13(10)15)8-17-14(18)12-3-2-6-16-9-12/h2-7,9H,8H2,1H3,(H,17,18). The molecule has 0 saturated carbocycles. The molecular formula is C14H13FN2O. The van der Waals surface area contributed by atoms with Gasteiger partial charge in [-0.2, -0.15) is 0 Å². The number of nitrogens with zero attached hydrogens (tertiary/aromatic N) is 1. The van der Waals surface area contributed by atoms with Gasteiger partial charge < -0.3 is 5.32 Å². The molecule has 1 aromatic carbocycles. The molecule has 1 heterocycles. The van der Waals surface area contributed by atoms with Crippen molar-refractivity contribution in [2.45, 2.75) is 13.5 Å². The Hall–Kier alpha value is -2.23. The zero-order chi connectivity index (χ0) is 13.0. The molecule has 0 saturated heterocycles. The molecular weight excluding hydrogens is 231 g/mol. The second-order valence-corrected chi connectivity index (χ2v) is 4.01. The average Bonchev–Trinajstić information content (AvgIpc) is 2.41. The lowest BCUT2D eigenvalue weighted by Crippen LogP contribution is -2.22. The van der Waals surface area contributed by atoms with Gasteiger partial charge in [-0.25, -0.2) is 4.39 Å². The predicted octanol–water partition coefficient (Wildman–Crippen LogP) is 2.46. The molecule has 92 valence electrons. The van der Waals surface area contributed by atoms with Crippen LogP contribution in [0.4, 0.5) is 4.39 Å². The predicted molar refractivity (Wildman–Crippen MR) is 66.5 cm³/mol. The maximum absolute atomic E-state index is 13.3. The fraction of sp³-hybridized carbons (Fsp3) is 0.143. The van der Waals surface area contributed by atoms with Gasteiger partial charge in [0.1, 0.15) is 5.82 Å². The number of aromatic nitrogens is 1. The Balaban J connectivity index is 1.99. The van der Waals surface area contributed by atoms with Gasteiger partial charge >= 0.3 is 0 Å². The molecule has 0 aliphatic heterocycles. The monoisotopic (exact) mass is 244 g/mol. The van der Waals surface area contributed by atoms with Crippen LogP contribution >= 0.6 is 0 Å².